The standard InChI is InChI=1S/C20H15Cl3N2O5/c21-20(22,23)19(24-9-11-5-6-15-16(7-11)29-10-28-15)25-17(26)13-8-12-3-1-2-4-14(12)30-18(13)27/h1-8,19,24H,9-10H2,(H,25,26). The predicted octanol–water partition coefficient (Wildman–Crippen LogP) is 3.74. The Bertz CT molecular complexity index is 1160. The minimum absolute atomic E-state index is 0.160. The molecule has 3 aromatic rings. The predicted molar refractivity (Wildman–Crippen MR) is 113 cm³/mol. The van der Waals surface area contributed by atoms with E-state index in [-0.39, 0.29) is 18.9 Å². The van der Waals surface area contributed by atoms with E-state index in [0.29, 0.717) is 22.5 Å². The number of nitrogens with one attached hydrogen (secondary N) is 2. The van der Waals surface area contributed by atoms with Gasteiger partial charge in [0.25, 0.3) is 5.91 Å². The van der Waals surface area contributed by atoms with Crippen molar-refractivity contribution < 1.29 is 18.7 Å². The third-order valence-electron chi connectivity index (χ3n) is 4.44. The van der Waals surface area contributed by atoms with Gasteiger partial charge in [-0.3, -0.25) is 10.1 Å². The van der Waals surface area contributed by atoms with Gasteiger partial charge in [-0.2, -0.15) is 0 Å². The second-order valence-corrected chi connectivity index (χ2v) is 8.87. The maximum absolute atomic E-state index is 12.7. The SMILES string of the molecule is O=C(NC(NCc1ccc2c(c1)OCO2)C(Cl)(Cl)Cl)c1cc2ccccc2oc1=O. The number of carbonyl (C=O) groups is 1. The molecular weight excluding hydrogens is 455 g/mol. The van der Waals surface area contributed by atoms with Crippen molar-refractivity contribution in [2.75, 3.05) is 6.79 Å². The van der Waals surface area contributed by atoms with Crippen LogP contribution in [-0.2, 0) is 6.54 Å². The van der Waals surface area contributed by atoms with E-state index in [1.54, 1.807) is 36.4 Å². The Morgan fingerprint density at radius 3 is 2.63 bits per heavy atom. The minimum Gasteiger partial charge on any atom is -0.454 e. The van der Waals surface area contributed by atoms with E-state index in [0.717, 1.165) is 5.56 Å². The number of alkyl halides is 3. The maximum atomic E-state index is 12.7. The Kier molecular flexibility index (Phi) is 5.79. The Balaban J connectivity index is 1.51. The van der Waals surface area contributed by atoms with Crippen LogP contribution in [0.15, 0.2) is 57.7 Å². The van der Waals surface area contributed by atoms with E-state index >= 15 is 0 Å². The van der Waals surface area contributed by atoms with Gasteiger partial charge in [0.1, 0.15) is 17.3 Å². The summed E-state index contributed by atoms with van der Waals surface area (Å²) in [5.74, 6) is 0.523. The van der Waals surface area contributed by atoms with E-state index in [9.17, 15) is 9.59 Å². The van der Waals surface area contributed by atoms with Gasteiger partial charge in [-0.1, -0.05) is 59.1 Å². The normalized spacial score (nSPS) is 14.0. The van der Waals surface area contributed by atoms with E-state index < -0.39 is 21.5 Å². The molecule has 30 heavy (non-hydrogen) atoms. The molecule has 0 saturated heterocycles. The molecule has 1 aliphatic heterocycles. The summed E-state index contributed by atoms with van der Waals surface area (Å²) in [4.78, 5) is 24.9. The molecule has 0 spiro atoms. The van der Waals surface area contributed by atoms with Crippen molar-refractivity contribution >= 4 is 51.7 Å². The summed E-state index contributed by atoms with van der Waals surface area (Å²) < 4.78 is 13.9. The quantitative estimate of drug-likeness (QED) is 0.336. The third-order valence-corrected chi connectivity index (χ3v) is 5.09. The molecule has 4 rings (SSSR count). The molecule has 0 bridgehead atoms. The summed E-state index contributed by atoms with van der Waals surface area (Å²) in [6.07, 6.45) is -1.09. The second kappa shape index (κ2) is 8.35. The summed E-state index contributed by atoms with van der Waals surface area (Å²) >= 11 is 18.1. The molecule has 0 radical (unpaired) electrons. The zero-order valence-electron chi connectivity index (χ0n) is 15.3. The monoisotopic (exact) mass is 468 g/mol. The van der Waals surface area contributed by atoms with Gasteiger partial charge in [0, 0.05) is 11.9 Å². The molecule has 7 nitrogen and oxygen atoms in total. The van der Waals surface area contributed by atoms with Gasteiger partial charge in [-0.25, -0.2) is 4.79 Å². The van der Waals surface area contributed by atoms with Crippen molar-refractivity contribution in [2.24, 2.45) is 0 Å². The summed E-state index contributed by atoms with van der Waals surface area (Å²) in [7, 11) is 0. The molecule has 2 heterocycles. The summed E-state index contributed by atoms with van der Waals surface area (Å²) in [5.41, 5.74) is 0.207. The summed E-state index contributed by atoms with van der Waals surface area (Å²) in [5, 5.41) is 6.11. The largest absolute Gasteiger partial charge is 0.454 e. The van der Waals surface area contributed by atoms with Crippen molar-refractivity contribution in [1.82, 2.24) is 10.6 Å². The molecule has 1 aromatic heterocycles. The van der Waals surface area contributed by atoms with E-state index in [1.165, 1.54) is 6.07 Å². The lowest BCUT2D eigenvalue weighted by Gasteiger charge is -2.26. The Morgan fingerprint density at radius 1 is 1.07 bits per heavy atom. The first-order valence-corrected chi connectivity index (χ1v) is 9.97. The molecule has 1 unspecified atom stereocenters. The average Bonchev–Trinajstić information content (AvgIpc) is 3.17. The molecular formula is C20H15Cl3N2O5. The fraction of sp³-hybridized carbons (Fsp3) is 0.200. The number of ether oxygens (including phenoxy) is 2. The van der Waals surface area contributed by atoms with Crippen LogP contribution in [0.25, 0.3) is 11.0 Å². The lowest BCUT2D eigenvalue weighted by molar-refractivity contribution is 0.0925. The van der Waals surface area contributed by atoms with Crippen molar-refractivity contribution in [1.29, 1.82) is 0 Å². The zero-order chi connectivity index (χ0) is 21.3. The Hall–Kier alpha value is -2.45. The molecule has 0 aliphatic carbocycles. The van der Waals surface area contributed by atoms with E-state index in [4.69, 9.17) is 48.7 Å². The van der Waals surface area contributed by atoms with Crippen LogP contribution in [-0.4, -0.2) is 22.7 Å². The molecule has 1 atom stereocenters. The van der Waals surface area contributed by atoms with E-state index in [1.807, 2.05) is 6.07 Å². The Labute approximate surface area is 185 Å². The molecule has 1 aliphatic rings. The molecule has 2 aromatic carbocycles. The van der Waals surface area contributed by atoms with Crippen molar-refractivity contribution in [3.63, 3.8) is 0 Å². The molecule has 0 saturated carbocycles. The van der Waals surface area contributed by atoms with Crippen molar-refractivity contribution in [3.8, 4) is 11.5 Å². The van der Waals surface area contributed by atoms with Gasteiger partial charge in [-0.15, -0.1) is 0 Å². The van der Waals surface area contributed by atoms with Crippen LogP contribution in [0.1, 0.15) is 15.9 Å². The smallest absolute Gasteiger partial charge is 0.349 e. The third kappa shape index (κ3) is 4.49. The van der Waals surface area contributed by atoms with Crippen LogP contribution < -0.4 is 25.7 Å². The molecule has 0 fully saturated rings. The van der Waals surface area contributed by atoms with Gasteiger partial charge in [0.05, 0.1) is 0 Å². The lowest BCUT2D eigenvalue weighted by Crippen LogP contribution is -2.53. The maximum Gasteiger partial charge on any atom is 0.349 e. The number of hydrogen-bond acceptors (Lipinski definition) is 6. The number of para-hydroxylation sites is 1. The number of benzene rings is 2. The first-order valence-electron chi connectivity index (χ1n) is 8.83. The molecule has 1 amide bonds. The van der Waals surface area contributed by atoms with Crippen LogP contribution in [0.2, 0.25) is 0 Å². The van der Waals surface area contributed by atoms with Gasteiger partial charge >= 0.3 is 5.63 Å². The van der Waals surface area contributed by atoms with Gasteiger partial charge in [0.2, 0.25) is 10.6 Å². The van der Waals surface area contributed by atoms with Crippen LogP contribution in [0.3, 0.4) is 0 Å². The van der Waals surface area contributed by atoms with Gasteiger partial charge < -0.3 is 19.2 Å². The number of fused-ring (bicyclic) bond motifs is 2. The zero-order valence-corrected chi connectivity index (χ0v) is 17.6. The van der Waals surface area contributed by atoms with Crippen LogP contribution in [0, 0.1) is 0 Å². The number of hydrogen-bond donors (Lipinski definition) is 2. The van der Waals surface area contributed by atoms with Crippen LogP contribution >= 0.6 is 34.8 Å². The summed E-state index contributed by atoms with van der Waals surface area (Å²) in [6.45, 7) is 0.412. The highest BCUT2D eigenvalue weighted by molar-refractivity contribution is 6.68. The summed E-state index contributed by atoms with van der Waals surface area (Å²) in [6, 6.07) is 13.6. The fourth-order valence-electron chi connectivity index (χ4n) is 2.95. The van der Waals surface area contributed by atoms with Gasteiger partial charge in [0.15, 0.2) is 11.5 Å². The van der Waals surface area contributed by atoms with Crippen LogP contribution in [0.5, 0.6) is 11.5 Å². The topological polar surface area (TPSA) is 89.8 Å². The van der Waals surface area contributed by atoms with Gasteiger partial charge in [-0.05, 0) is 29.8 Å². The van der Waals surface area contributed by atoms with E-state index in [2.05, 4.69) is 10.6 Å². The minimum atomic E-state index is -1.89. The number of halogens is 3. The first-order chi connectivity index (χ1) is 14.3. The molecule has 10 heteroatoms. The number of carbonyl (C=O) groups excluding carboxylic acids is 1. The fourth-order valence-corrected chi connectivity index (χ4v) is 3.34. The van der Waals surface area contributed by atoms with Crippen molar-refractivity contribution in [3.05, 3.63) is 70.1 Å². The highest BCUT2D eigenvalue weighted by Crippen LogP contribution is 2.33. The van der Waals surface area contributed by atoms with Crippen molar-refractivity contribution in [2.45, 2.75) is 16.5 Å². The average molecular weight is 470 g/mol. The highest BCUT2D eigenvalue weighted by atomic mass is 35.6. The second-order valence-electron chi connectivity index (χ2n) is 6.50. The first kappa shape index (κ1) is 20.8. The Morgan fingerprint density at radius 2 is 1.83 bits per heavy atom. The molecule has 2 N–H and O–H groups in total. The highest BCUT2D eigenvalue weighted by Gasteiger charge is 2.34. The van der Waals surface area contributed by atoms with Crippen LogP contribution in [0.4, 0.5) is 0 Å². The number of amides is 1. The number of rotatable bonds is 5. The lowest BCUT2D eigenvalue weighted by atomic mass is 10.1. The molecule has 156 valence electrons.